The molecule has 0 aliphatic rings. The molecule has 7 heteroatoms. The smallest absolute Gasteiger partial charge is 0.337 e. The van der Waals surface area contributed by atoms with Crippen molar-refractivity contribution >= 4 is 5.97 Å². The Morgan fingerprint density at radius 1 is 1.17 bits per heavy atom. The Balaban J connectivity index is 2.66. The topological polar surface area (TPSA) is 86.5 Å². The lowest BCUT2D eigenvalue weighted by molar-refractivity contribution is 0.0696. The minimum Gasteiger partial charge on any atom is -0.493 e. The Morgan fingerprint density at radius 3 is 2.22 bits per heavy atom. The third-order valence-corrected chi connectivity index (χ3v) is 2.43. The van der Waals surface area contributed by atoms with Crippen LogP contribution in [-0.2, 0) is 0 Å². The first-order chi connectivity index (χ1) is 8.67. The fourth-order valence-corrected chi connectivity index (χ4v) is 1.58. The lowest BCUT2D eigenvalue weighted by atomic mass is 10.1. The Labute approximate surface area is 103 Å². The quantitative estimate of drug-likeness (QED) is 0.869. The molecular weight excluding hydrogens is 238 g/mol. The summed E-state index contributed by atoms with van der Waals surface area (Å²) >= 11 is 0. The molecule has 0 spiro atoms. The molecular formula is C11H11N3O4. The van der Waals surface area contributed by atoms with Gasteiger partial charge in [-0.2, -0.15) is 0 Å². The number of benzene rings is 1. The van der Waals surface area contributed by atoms with E-state index in [0.29, 0.717) is 17.2 Å². The summed E-state index contributed by atoms with van der Waals surface area (Å²) in [7, 11) is 2.93. The van der Waals surface area contributed by atoms with Gasteiger partial charge in [0.2, 0.25) is 0 Å². The number of hydrogen-bond donors (Lipinski definition) is 1. The maximum absolute atomic E-state index is 11.2. The summed E-state index contributed by atoms with van der Waals surface area (Å²) < 4.78 is 11.7. The number of carbonyl (C=O) groups is 1. The van der Waals surface area contributed by atoms with E-state index in [9.17, 15) is 9.90 Å². The summed E-state index contributed by atoms with van der Waals surface area (Å²) in [6.45, 7) is 0. The van der Waals surface area contributed by atoms with E-state index in [0.717, 1.165) is 0 Å². The van der Waals surface area contributed by atoms with Gasteiger partial charge in [-0.25, -0.2) is 4.79 Å². The SMILES string of the molecule is COc1cc(C(=O)O)c(-n2cnnc2)cc1OC. The van der Waals surface area contributed by atoms with E-state index >= 15 is 0 Å². The monoisotopic (exact) mass is 249 g/mol. The maximum atomic E-state index is 11.2. The van der Waals surface area contributed by atoms with Crippen molar-refractivity contribution in [1.29, 1.82) is 0 Å². The molecule has 1 aromatic heterocycles. The van der Waals surface area contributed by atoms with Crippen LogP contribution in [0.2, 0.25) is 0 Å². The fraction of sp³-hybridized carbons (Fsp3) is 0.182. The van der Waals surface area contributed by atoms with Gasteiger partial charge in [0, 0.05) is 12.1 Å². The molecule has 2 aromatic rings. The molecule has 2 rings (SSSR count). The summed E-state index contributed by atoms with van der Waals surface area (Å²) in [5.74, 6) is -0.280. The maximum Gasteiger partial charge on any atom is 0.337 e. The minimum absolute atomic E-state index is 0.0763. The molecule has 1 aromatic carbocycles. The van der Waals surface area contributed by atoms with Gasteiger partial charge >= 0.3 is 5.97 Å². The van der Waals surface area contributed by atoms with Crippen LogP contribution in [0, 0.1) is 0 Å². The van der Waals surface area contributed by atoms with Gasteiger partial charge in [0.1, 0.15) is 12.7 Å². The Bertz CT molecular complexity index is 566. The van der Waals surface area contributed by atoms with E-state index in [2.05, 4.69) is 10.2 Å². The predicted molar refractivity (Wildman–Crippen MR) is 61.4 cm³/mol. The van der Waals surface area contributed by atoms with E-state index in [1.807, 2.05) is 0 Å². The Morgan fingerprint density at radius 2 is 1.72 bits per heavy atom. The fourth-order valence-electron chi connectivity index (χ4n) is 1.58. The van der Waals surface area contributed by atoms with Crippen LogP contribution in [0.15, 0.2) is 24.8 Å². The van der Waals surface area contributed by atoms with Crippen LogP contribution in [-0.4, -0.2) is 40.1 Å². The van der Waals surface area contributed by atoms with E-state index in [1.54, 1.807) is 6.07 Å². The average Bonchev–Trinajstić information content (AvgIpc) is 2.90. The van der Waals surface area contributed by atoms with E-state index in [-0.39, 0.29) is 5.56 Å². The first kappa shape index (κ1) is 11.9. The van der Waals surface area contributed by atoms with Crippen LogP contribution in [0.5, 0.6) is 11.5 Å². The number of aromatic carboxylic acids is 1. The van der Waals surface area contributed by atoms with Crippen LogP contribution < -0.4 is 9.47 Å². The third kappa shape index (κ3) is 1.97. The minimum atomic E-state index is -1.07. The molecule has 0 amide bonds. The lowest BCUT2D eigenvalue weighted by Crippen LogP contribution is -2.06. The molecule has 0 saturated heterocycles. The molecule has 94 valence electrons. The molecule has 0 unspecified atom stereocenters. The van der Waals surface area contributed by atoms with Crippen LogP contribution in [0.3, 0.4) is 0 Å². The van der Waals surface area contributed by atoms with Crippen LogP contribution in [0.1, 0.15) is 10.4 Å². The van der Waals surface area contributed by atoms with Gasteiger partial charge in [0.25, 0.3) is 0 Å². The number of carboxylic acids is 1. The van der Waals surface area contributed by atoms with Crippen molar-refractivity contribution in [2.75, 3.05) is 14.2 Å². The number of rotatable bonds is 4. The molecule has 1 heterocycles. The second-order valence-corrected chi connectivity index (χ2v) is 3.40. The van der Waals surface area contributed by atoms with Crippen LogP contribution >= 0.6 is 0 Å². The second kappa shape index (κ2) is 4.74. The van der Waals surface area contributed by atoms with E-state index in [1.165, 1.54) is 37.5 Å². The van der Waals surface area contributed by atoms with E-state index < -0.39 is 5.97 Å². The van der Waals surface area contributed by atoms with Gasteiger partial charge in [-0.05, 0) is 0 Å². The predicted octanol–water partition coefficient (Wildman–Crippen LogP) is 0.983. The van der Waals surface area contributed by atoms with E-state index in [4.69, 9.17) is 9.47 Å². The van der Waals surface area contributed by atoms with Crippen molar-refractivity contribution in [3.63, 3.8) is 0 Å². The molecule has 1 N–H and O–H groups in total. The zero-order valence-electron chi connectivity index (χ0n) is 9.82. The highest BCUT2D eigenvalue weighted by molar-refractivity contribution is 5.93. The summed E-state index contributed by atoms with van der Waals surface area (Å²) in [5, 5.41) is 16.5. The summed E-state index contributed by atoms with van der Waals surface area (Å²) in [5.41, 5.74) is 0.484. The largest absolute Gasteiger partial charge is 0.493 e. The lowest BCUT2D eigenvalue weighted by Gasteiger charge is -2.12. The zero-order valence-corrected chi connectivity index (χ0v) is 9.82. The molecule has 0 saturated carbocycles. The van der Waals surface area contributed by atoms with Crippen molar-refractivity contribution in [3.8, 4) is 17.2 Å². The highest BCUT2D eigenvalue weighted by atomic mass is 16.5. The summed E-state index contributed by atoms with van der Waals surface area (Å²) in [4.78, 5) is 11.2. The number of carboxylic acid groups (broad SMARTS) is 1. The standard InChI is InChI=1S/C11H11N3O4/c1-17-9-3-7(11(15)16)8(4-10(9)18-2)14-5-12-13-6-14/h3-6H,1-2H3,(H,15,16). The third-order valence-electron chi connectivity index (χ3n) is 2.43. The first-order valence-electron chi connectivity index (χ1n) is 5.01. The van der Waals surface area contributed by atoms with Crippen LogP contribution in [0.25, 0.3) is 5.69 Å². The van der Waals surface area contributed by atoms with Crippen molar-refractivity contribution in [1.82, 2.24) is 14.8 Å². The molecule has 0 radical (unpaired) electrons. The Hall–Kier alpha value is -2.57. The number of hydrogen-bond acceptors (Lipinski definition) is 5. The highest BCUT2D eigenvalue weighted by Gasteiger charge is 2.17. The van der Waals surface area contributed by atoms with Crippen molar-refractivity contribution < 1.29 is 19.4 Å². The molecule has 0 aliphatic heterocycles. The molecule has 0 atom stereocenters. The second-order valence-electron chi connectivity index (χ2n) is 3.40. The molecule has 18 heavy (non-hydrogen) atoms. The summed E-state index contributed by atoms with van der Waals surface area (Å²) in [6.07, 6.45) is 2.82. The Kier molecular flexibility index (Phi) is 3.13. The normalized spacial score (nSPS) is 10.1. The highest BCUT2D eigenvalue weighted by Crippen LogP contribution is 2.32. The van der Waals surface area contributed by atoms with Crippen molar-refractivity contribution in [2.45, 2.75) is 0 Å². The molecule has 0 fully saturated rings. The van der Waals surface area contributed by atoms with Crippen molar-refractivity contribution in [2.24, 2.45) is 0 Å². The first-order valence-corrected chi connectivity index (χ1v) is 5.01. The van der Waals surface area contributed by atoms with Gasteiger partial charge in [0.15, 0.2) is 11.5 Å². The number of ether oxygens (including phenoxy) is 2. The number of aromatic nitrogens is 3. The van der Waals surface area contributed by atoms with Gasteiger partial charge in [-0.15, -0.1) is 10.2 Å². The van der Waals surface area contributed by atoms with Gasteiger partial charge in [0.05, 0.1) is 25.5 Å². The molecule has 0 aliphatic carbocycles. The molecule has 0 bridgehead atoms. The van der Waals surface area contributed by atoms with Crippen molar-refractivity contribution in [3.05, 3.63) is 30.4 Å². The average molecular weight is 249 g/mol. The number of methoxy groups -OCH3 is 2. The number of nitrogens with zero attached hydrogens (tertiary/aromatic N) is 3. The van der Waals surface area contributed by atoms with Crippen LogP contribution in [0.4, 0.5) is 0 Å². The van der Waals surface area contributed by atoms with Gasteiger partial charge < -0.3 is 14.6 Å². The van der Waals surface area contributed by atoms with Gasteiger partial charge in [-0.1, -0.05) is 0 Å². The molecule has 7 nitrogen and oxygen atoms in total. The van der Waals surface area contributed by atoms with Gasteiger partial charge in [-0.3, -0.25) is 4.57 Å². The zero-order chi connectivity index (χ0) is 13.1. The summed E-state index contributed by atoms with van der Waals surface area (Å²) in [6, 6.07) is 2.96.